The lowest BCUT2D eigenvalue weighted by Crippen LogP contribution is -2.42. The van der Waals surface area contributed by atoms with Crippen LogP contribution in [-0.4, -0.2) is 39.2 Å². The van der Waals surface area contributed by atoms with Crippen LogP contribution in [0.15, 0.2) is 35.2 Å². The number of nitrogens with zero attached hydrogens (tertiary/aromatic N) is 1. The molecule has 0 fully saturated rings. The van der Waals surface area contributed by atoms with Crippen LogP contribution in [0.25, 0.3) is 0 Å². The Labute approximate surface area is 253 Å². The molecule has 0 amide bonds. The number of aromatic hydroxyl groups is 3. The van der Waals surface area contributed by atoms with Gasteiger partial charge >= 0.3 is 0 Å². The summed E-state index contributed by atoms with van der Waals surface area (Å²) in [6.07, 6.45) is 1.94. The van der Waals surface area contributed by atoms with Crippen LogP contribution in [0, 0.1) is 6.92 Å². The number of Topliss-reactive ketones (excluding diaryl/α,β-unsaturated/α-hetero) is 2. The molecule has 8 heteroatoms. The fourth-order valence-corrected chi connectivity index (χ4v) is 6.12. The highest BCUT2D eigenvalue weighted by Crippen LogP contribution is 2.57. The van der Waals surface area contributed by atoms with Crippen LogP contribution in [0.3, 0.4) is 0 Å². The molecular formula is C35H43NO7. The zero-order chi connectivity index (χ0) is 32.6. The predicted molar refractivity (Wildman–Crippen MR) is 166 cm³/mol. The molecule has 230 valence electrons. The van der Waals surface area contributed by atoms with Crippen molar-refractivity contribution in [1.29, 1.82) is 0 Å². The third-order valence-electron chi connectivity index (χ3n) is 8.62. The highest BCUT2D eigenvalue weighted by molar-refractivity contribution is 6.31. The number of hydrogen-bond acceptors (Lipinski definition) is 8. The van der Waals surface area contributed by atoms with Gasteiger partial charge in [0.05, 0.1) is 11.1 Å². The molecule has 0 spiro atoms. The normalized spacial score (nSPS) is 19.5. The van der Waals surface area contributed by atoms with E-state index in [0.717, 1.165) is 16.8 Å². The van der Waals surface area contributed by atoms with Crippen molar-refractivity contribution in [1.82, 2.24) is 0 Å². The van der Waals surface area contributed by atoms with Crippen LogP contribution in [-0.2, 0) is 25.8 Å². The largest absolute Gasteiger partial charge is 0.507 e. The van der Waals surface area contributed by atoms with Gasteiger partial charge in [0.2, 0.25) is 0 Å². The summed E-state index contributed by atoms with van der Waals surface area (Å²) in [4.78, 5) is 42.6. The van der Waals surface area contributed by atoms with Gasteiger partial charge in [-0.2, -0.15) is 0 Å². The van der Waals surface area contributed by atoms with Gasteiger partial charge in [-0.1, -0.05) is 48.5 Å². The zero-order valence-corrected chi connectivity index (χ0v) is 27.1. The van der Waals surface area contributed by atoms with Crippen LogP contribution < -0.4 is 9.64 Å². The molecule has 1 unspecified atom stereocenters. The first-order chi connectivity index (χ1) is 19.7. The van der Waals surface area contributed by atoms with E-state index in [4.69, 9.17) is 4.74 Å². The van der Waals surface area contributed by atoms with Crippen LogP contribution in [0.1, 0.15) is 108 Å². The number of carbonyl (C=O) groups excluding carboxylic acids is 3. The predicted octanol–water partition coefficient (Wildman–Crippen LogP) is 6.79. The Bertz CT molecular complexity index is 1610. The molecule has 1 heterocycles. The van der Waals surface area contributed by atoms with Crippen molar-refractivity contribution in [3.8, 4) is 23.0 Å². The molecule has 0 aromatic heterocycles. The number of benzene rings is 2. The molecule has 2 aromatic carbocycles. The smallest absolute Gasteiger partial charge is 0.194 e. The lowest BCUT2D eigenvalue weighted by molar-refractivity contribution is -0.123. The van der Waals surface area contributed by atoms with E-state index in [2.05, 4.69) is 0 Å². The number of carbonyl (C=O) groups is 3. The topological polar surface area (TPSA) is 124 Å². The highest BCUT2D eigenvalue weighted by atomic mass is 16.5. The number of hydrogen-bond donors (Lipinski definition) is 3. The van der Waals surface area contributed by atoms with Crippen molar-refractivity contribution in [2.24, 2.45) is 0 Å². The third kappa shape index (κ3) is 4.81. The first kappa shape index (κ1) is 31.9. The minimum atomic E-state index is -1.60. The Hall–Kier alpha value is -4.07. The van der Waals surface area contributed by atoms with Gasteiger partial charge in [-0.3, -0.25) is 14.4 Å². The van der Waals surface area contributed by atoms with Gasteiger partial charge in [0.1, 0.15) is 39.7 Å². The van der Waals surface area contributed by atoms with Gasteiger partial charge in [0.25, 0.3) is 0 Å². The van der Waals surface area contributed by atoms with Crippen molar-refractivity contribution in [2.45, 2.75) is 98.8 Å². The number of rotatable bonds is 5. The van der Waals surface area contributed by atoms with Crippen LogP contribution in [0.2, 0.25) is 0 Å². The summed E-state index contributed by atoms with van der Waals surface area (Å²) < 4.78 is 5.92. The number of phenols is 3. The van der Waals surface area contributed by atoms with Gasteiger partial charge in [-0.05, 0) is 57.1 Å². The van der Waals surface area contributed by atoms with E-state index >= 15 is 0 Å². The number of ether oxygens (including phenoxy) is 1. The molecule has 2 aliphatic rings. The van der Waals surface area contributed by atoms with Gasteiger partial charge in [-0.15, -0.1) is 0 Å². The summed E-state index contributed by atoms with van der Waals surface area (Å²) in [5, 5.41) is 33.1. The summed E-state index contributed by atoms with van der Waals surface area (Å²) in [5.41, 5.74) is 0.174. The van der Waals surface area contributed by atoms with Crippen molar-refractivity contribution in [2.75, 3.05) is 11.4 Å². The van der Waals surface area contributed by atoms with E-state index in [1.165, 1.54) is 19.9 Å². The monoisotopic (exact) mass is 589 g/mol. The van der Waals surface area contributed by atoms with Gasteiger partial charge < -0.3 is 25.0 Å². The third-order valence-corrected chi connectivity index (χ3v) is 8.62. The lowest BCUT2D eigenvalue weighted by Gasteiger charge is -2.34. The molecule has 0 saturated heterocycles. The summed E-state index contributed by atoms with van der Waals surface area (Å²) in [7, 11) is 0. The quantitative estimate of drug-likeness (QED) is 0.198. The molecule has 8 nitrogen and oxygen atoms in total. The van der Waals surface area contributed by atoms with E-state index < -0.39 is 28.5 Å². The molecule has 0 radical (unpaired) electrons. The second-order valence-electron chi connectivity index (χ2n) is 13.9. The number of ketones is 3. The minimum Gasteiger partial charge on any atom is -0.507 e. The van der Waals surface area contributed by atoms with Crippen molar-refractivity contribution in [3.63, 3.8) is 0 Å². The maximum atomic E-state index is 14.5. The number of allylic oxidation sites excluding steroid dienone is 4. The lowest BCUT2D eigenvalue weighted by atomic mass is 9.70. The molecule has 4 rings (SSSR count). The molecule has 1 atom stereocenters. The first-order valence-electron chi connectivity index (χ1n) is 14.6. The average Bonchev–Trinajstić information content (AvgIpc) is 3.17. The summed E-state index contributed by atoms with van der Waals surface area (Å²) in [6.45, 7) is 20.6. The zero-order valence-electron chi connectivity index (χ0n) is 27.1. The Kier molecular flexibility index (Phi) is 7.62. The second-order valence-corrected chi connectivity index (χ2v) is 13.9. The number of anilines is 1. The standard InChI is InChI=1S/C35H43NO7/c1-12-13-36(20-14-21(33(5,6)7)30(41)22(15-20)34(8,9)10)18(3)25-23(38)16-24-35(11,32(25)42)27-29(40)17(2)28(39)26(19(4)37)31(27)43-24/h14-16,39-41H,12-13H2,1-11H3/b25-18+. The molecule has 1 aliphatic heterocycles. The molecule has 3 N–H and O–H groups in total. The van der Waals surface area contributed by atoms with E-state index in [9.17, 15) is 29.7 Å². The van der Waals surface area contributed by atoms with Crippen LogP contribution in [0.5, 0.6) is 23.0 Å². The van der Waals surface area contributed by atoms with Crippen LogP contribution >= 0.6 is 0 Å². The van der Waals surface area contributed by atoms with E-state index in [0.29, 0.717) is 18.7 Å². The fourth-order valence-electron chi connectivity index (χ4n) is 6.12. The molecule has 2 aromatic rings. The molecule has 0 saturated carbocycles. The SMILES string of the molecule is CCCN(/C(C)=C1\C(=O)C=C2Oc3c(C(C)=O)c(O)c(C)c(O)c3C2(C)C1=O)c1cc(C(C)(C)C)c(O)c(C(C)(C)C)c1. The van der Waals surface area contributed by atoms with Gasteiger partial charge in [0, 0.05) is 40.7 Å². The maximum Gasteiger partial charge on any atom is 0.194 e. The Morgan fingerprint density at radius 1 is 0.930 bits per heavy atom. The molecular weight excluding hydrogens is 546 g/mol. The molecule has 0 bridgehead atoms. The summed E-state index contributed by atoms with van der Waals surface area (Å²) >= 11 is 0. The van der Waals surface area contributed by atoms with Crippen molar-refractivity contribution >= 4 is 23.0 Å². The van der Waals surface area contributed by atoms with E-state index in [1.54, 1.807) is 13.8 Å². The number of fused-ring (bicyclic) bond motifs is 3. The van der Waals surface area contributed by atoms with Crippen molar-refractivity contribution < 1.29 is 34.4 Å². The van der Waals surface area contributed by atoms with E-state index in [1.807, 2.05) is 65.5 Å². The summed E-state index contributed by atoms with van der Waals surface area (Å²) in [6, 6.07) is 3.83. The minimum absolute atomic E-state index is 0.00596. The Morgan fingerprint density at radius 2 is 1.47 bits per heavy atom. The van der Waals surface area contributed by atoms with E-state index in [-0.39, 0.29) is 56.1 Å². The van der Waals surface area contributed by atoms with Gasteiger partial charge in [-0.25, -0.2) is 0 Å². The van der Waals surface area contributed by atoms with Gasteiger partial charge in [0.15, 0.2) is 17.3 Å². The molecule has 1 aliphatic carbocycles. The Balaban J connectivity index is 2.00. The number of phenolic OH excluding ortho intramolecular Hbond substituents is 3. The summed E-state index contributed by atoms with van der Waals surface area (Å²) in [5.74, 6) is -2.32. The highest BCUT2D eigenvalue weighted by Gasteiger charge is 2.56. The van der Waals surface area contributed by atoms with Crippen molar-refractivity contribution in [3.05, 3.63) is 63.1 Å². The first-order valence-corrected chi connectivity index (χ1v) is 14.6. The average molecular weight is 590 g/mol. The van der Waals surface area contributed by atoms with Crippen LogP contribution in [0.4, 0.5) is 5.69 Å². The maximum absolute atomic E-state index is 14.5. The fraction of sp³-hybridized carbons (Fsp3) is 0.457. The Morgan fingerprint density at radius 3 is 1.93 bits per heavy atom. The molecule has 43 heavy (non-hydrogen) atoms. The second kappa shape index (κ2) is 10.3.